The minimum Gasteiger partial charge on any atom is -0.314 e. The van der Waals surface area contributed by atoms with Crippen LogP contribution in [-0.4, -0.2) is 13.2 Å². The zero-order chi connectivity index (χ0) is 13.8. The highest BCUT2D eigenvalue weighted by Crippen LogP contribution is 2.58. The lowest BCUT2D eigenvalue weighted by atomic mass is 10.1. The van der Waals surface area contributed by atoms with Crippen LogP contribution >= 0.6 is 7.60 Å². The molecular formula is C12H19FNO3P. The number of rotatable bonds is 6. The van der Waals surface area contributed by atoms with Gasteiger partial charge in [-0.2, -0.15) is 0 Å². The molecule has 0 aromatic heterocycles. The van der Waals surface area contributed by atoms with E-state index in [-0.39, 0.29) is 18.8 Å². The summed E-state index contributed by atoms with van der Waals surface area (Å²) in [6.45, 7) is 5.56. The summed E-state index contributed by atoms with van der Waals surface area (Å²) in [6, 6.07) is 4.48. The van der Waals surface area contributed by atoms with E-state index in [4.69, 9.17) is 14.8 Å². The molecule has 0 radical (unpaired) electrons. The SMILES string of the molecule is CCOP(=O)(OCC)[C@@H](N)c1cc(C)ccc1F. The van der Waals surface area contributed by atoms with Crippen LogP contribution in [0.1, 0.15) is 30.8 Å². The van der Waals surface area contributed by atoms with Gasteiger partial charge in [0.1, 0.15) is 11.6 Å². The van der Waals surface area contributed by atoms with E-state index in [1.165, 1.54) is 6.07 Å². The zero-order valence-corrected chi connectivity index (χ0v) is 11.7. The lowest BCUT2D eigenvalue weighted by Crippen LogP contribution is -2.16. The highest BCUT2D eigenvalue weighted by molar-refractivity contribution is 7.54. The molecule has 0 aliphatic heterocycles. The summed E-state index contributed by atoms with van der Waals surface area (Å²) in [5.41, 5.74) is 6.85. The molecule has 0 saturated carbocycles. The van der Waals surface area contributed by atoms with Crippen molar-refractivity contribution < 1.29 is 18.0 Å². The van der Waals surface area contributed by atoms with E-state index in [1.807, 2.05) is 6.92 Å². The monoisotopic (exact) mass is 275 g/mol. The minimum absolute atomic E-state index is 0.153. The van der Waals surface area contributed by atoms with Crippen LogP contribution in [0.2, 0.25) is 0 Å². The Morgan fingerprint density at radius 1 is 1.33 bits per heavy atom. The highest BCUT2D eigenvalue weighted by Gasteiger charge is 2.35. The number of aryl methyl sites for hydroxylation is 1. The van der Waals surface area contributed by atoms with Crippen LogP contribution < -0.4 is 5.73 Å². The van der Waals surface area contributed by atoms with Crippen molar-refractivity contribution in [3.8, 4) is 0 Å². The molecule has 1 aromatic rings. The van der Waals surface area contributed by atoms with E-state index in [0.717, 1.165) is 5.56 Å². The summed E-state index contributed by atoms with van der Waals surface area (Å²) in [6.07, 6.45) is 0. The van der Waals surface area contributed by atoms with Gasteiger partial charge >= 0.3 is 7.60 Å². The predicted octanol–water partition coefficient (Wildman–Crippen LogP) is 3.36. The van der Waals surface area contributed by atoms with Gasteiger partial charge in [-0.3, -0.25) is 4.57 Å². The molecule has 0 fully saturated rings. The Labute approximate surface area is 107 Å². The number of nitrogens with two attached hydrogens (primary N) is 1. The van der Waals surface area contributed by atoms with Gasteiger partial charge in [0.25, 0.3) is 0 Å². The Hall–Kier alpha value is -0.740. The molecule has 1 rings (SSSR count). The summed E-state index contributed by atoms with van der Waals surface area (Å²) in [7, 11) is -3.54. The molecule has 4 nitrogen and oxygen atoms in total. The molecule has 0 unspecified atom stereocenters. The average molecular weight is 275 g/mol. The summed E-state index contributed by atoms with van der Waals surface area (Å²) >= 11 is 0. The van der Waals surface area contributed by atoms with E-state index in [1.54, 1.807) is 26.0 Å². The average Bonchev–Trinajstić information content (AvgIpc) is 2.32. The smallest absolute Gasteiger partial charge is 0.314 e. The predicted molar refractivity (Wildman–Crippen MR) is 68.9 cm³/mol. The van der Waals surface area contributed by atoms with E-state index in [0.29, 0.717) is 0 Å². The zero-order valence-electron chi connectivity index (χ0n) is 10.9. The molecule has 0 spiro atoms. The van der Waals surface area contributed by atoms with Crippen LogP contribution in [0.5, 0.6) is 0 Å². The van der Waals surface area contributed by atoms with Gasteiger partial charge in [-0.25, -0.2) is 4.39 Å². The fourth-order valence-electron chi connectivity index (χ4n) is 1.62. The fourth-order valence-corrected chi connectivity index (χ4v) is 3.27. The third-order valence-corrected chi connectivity index (χ3v) is 4.62. The van der Waals surface area contributed by atoms with E-state index in [9.17, 15) is 8.96 Å². The maximum atomic E-state index is 13.7. The number of hydrogen-bond donors (Lipinski definition) is 1. The van der Waals surface area contributed by atoms with Gasteiger partial charge in [0.2, 0.25) is 0 Å². The Kier molecular flexibility index (Phi) is 5.47. The molecule has 0 saturated heterocycles. The van der Waals surface area contributed by atoms with Crippen molar-refractivity contribution in [2.75, 3.05) is 13.2 Å². The summed E-state index contributed by atoms with van der Waals surface area (Å²) < 4.78 is 36.4. The topological polar surface area (TPSA) is 61.5 Å². The first-order chi connectivity index (χ1) is 8.44. The first-order valence-electron chi connectivity index (χ1n) is 5.85. The molecule has 0 heterocycles. The fraction of sp³-hybridized carbons (Fsp3) is 0.500. The van der Waals surface area contributed by atoms with Gasteiger partial charge in [0.05, 0.1) is 13.2 Å². The van der Waals surface area contributed by atoms with E-state index < -0.39 is 19.2 Å². The van der Waals surface area contributed by atoms with Crippen LogP contribution in [0.15, 0.2) is 18.2 Å². The molecule has 0 bridgehead atoms. The van der Waals surface area contributed by atoms with Gasteiger partial charge < -0.3 is 14.8 Å². The molecule has 0 aliphatic carbocycles. The first-order valence-corrected chi connectivity index (χ1v) is 7.46. The Bertz CT molecular complexity index is 443. The van der Waals surface area contributed by atoms with Gasteiger partial charge in [-0.1, -0.05) is 17.7 Å². The van der Waals surface area contributed by atoms with Gasteiger partial charge in [-0.15, -0.1) is 0 Å². The van der Waals surface area contributed by atoms with Crippen molar-refractivity contribution >= 4 is 7.60 Å². The second-order valence-electron chi connectivity index (χ2n) is 3.85. The third-order valence-electron chi connectivity index (χ3n) is 2.43. The summed E-state index contributed by atoms with van der Waals surface area (Å²) in [5, 5.41) is 0. The van der Waals surface area contributed by atoms with Crippen molar-refractivity contribution in [3.05, 3.63) is 35.1 Å². The number of hydrogen-bond acceptors (Lipinski definition) is 4. The van der Waals surface area contributed by atoms with Gasteiger partial charge in [0, 0.05) is 5.56 Å². The Morgan fingerprint density at radius 3 is 2.39 bits per heavy atom. The minimum atomic E-state index is -3.54. The van der Waals surface area contributed by atoms with E-state index >= 15 is 0 Å². The highest BCUT2D eigenvalue weighted by atomic mass is 31.2. The molecule has 0 aliphatic rings. The van der Waals surface area contributed by atoms with E-state index in [2.05, 4.69) is 0 Å². The molecule has 102 valence electrons. The second kappa shape index (κ2) is 6.43. The quantitative estimate of drug-likeness (QED) is 0.809. The van der Waals surface area contributed by atoms with Crippen molar-refractivity contribution in [2.45, 2.75) is 26.6 Å². The Morgan fingerprint density at radius 2 is 1.89 bits per heavy atom. The summed E-state index contributed by atoms with van der Waals surface area (Å²) in [4.78, 5) is 0. The van der Waals surface area contributed by atoms with Crippen molar-refractivity contribution in [3.63, 3.8) is 0 Å². The molecule has 6 heteroatoms. The summed E-state index contributed by atoms with van der Waals surface area (Å²) in [5.74, 6) is -1.62. The van der Waals surface area contributed by atoms with Crippen LogP contribution in [0, 0.1) is 12.7 Å². The lowest BCUT2D eigenvalue weighted by molar-refractivity contribution is 0.212. The standard InChI is InChI=1S/C12H19FNO3P/c1-4-16-18(15,17-5-2)12(14)10-8-9(3)6-7-11(10)13/h6-8,12H,4-5,14H2,1-3H3/t12-/m1/s1. The largest absolute Gasteiger partial charge is 0.351 e. The second-order valence-corrected chi connectivity index (χ2v) is 6.00. The maximum absolute atomic E-state index is 13.7. The number of benzene rings is 1. The third kappa shape index (κ3) is 3.39. The maximum Gasteiger partial charge on any atom is 0.351 e. The molecule has 2 N–H and O–H groups in total. The normalized spacial score (nSPS) is 13.6. The number of halogens is 1. The first kappa shape index (κ1) is 15.3. The lowest BCUT2D eigenvalue weighted by Gasteiger charge is -2.23. The molecule has 1 atom stereocenters. The van der Waals surface area contributed by atoms with Crippen LogP contribution in [-0.2, 0) is 13.6 Å². The molecule has 18 heavy (non-hydrogen) atoms. The van der Waals surface area contributed by atoms with Crippen molar-refractivity contribution in [1.29, 1.82) is 0 Å². The molecular weight excluding hydrogens is 256 g/mol. The van der Waals surface area contributed by atoms with Gasteiger partial charge in [-0.05, 0) is 26.8 Å². The Balaban J connectivity index is 3.13. The van der Waals surface area contributed by atoms with Crippen molar-refractivity contribution in [1.82, 2.24) is 0 Å². The van der Waals surface area contributed by atoms with Crippen LogP contribution in [0.4, 0.5) is 4.39 Å². The van der Waals surface area contributed by atoms with Gasteiger partial charge in [0.15, 0.2) is 0 Å². The van der Waals surface area contributed by atoms with Crippen LogP contribution in [0.3, 0.4) is 0 Å². The van der Waals surface area contributed by atoms with Crippen LogP contribution in [0.25, 0.3) is 0 Å². The molecule has 0 amide bonds. The van der Waals surface area contributed by atoms with Crippen molar-refractivity contribution in [2.24, 2.45) is 5.73 Å². The molecule has 1 aromatic carbocycles.